The minimum absolute atomic E-state index is 0.0428. The van der Waals surface area contributed by atoms with Crippen LogP contribution in [0.2, 0.25) is 0 Å². The Labute approximate surface area is 111 Å². The molecule has 0 aliphatic carbocycles. The van der Waals surface area contributed by atoms with Gasteiger partial charge in [0.15, 0.2) is 0 Å². The van der Waals surface area contributed by atoms with Crippen LogP contribution in [0.4, 0.5) is 10.1 Å². The lowest BCUT2D eigenvalue weighted by molar-refractivity contribution is -0.385. The SMILES string of the molecule is CC(C)(C)CCNC(=O)c1cc(F)ccc1[N+](=O)[O-]. The summed E-state index contributed by atoms with van der Waals surface area (Å²) in [7, 11) is 0. The lowest BCUT2D eigenvalue weighted by atomic mass is 9.92. The van der Waals surface area contributed by atoms with Gasteiger partial charge in [-0.15, -0.1) is 0 Å². The first-order valence-corrected chi connectivity index (χ1v) is 5.93. The van der Waals surface area contributed by atoms with Gasteiger partial charge in [-0.25, -0.2) is 4.39 Å². The van der Waals surface area contributed by atoms with Crippen molar-refractivity contribution in [2.45, 2.75) is 27.2 Å². The van der Waals surface area contributed by atoms with Gasteiger partial charge in [-0.3, -0.25) is 14.9 Å². The molecule has 0 atom stereocenters. The highest BCUT2D eigenvalue weighted by Crippen LogP contribution is 2.20. The Hall–Kier alpha value is -1.98. The topological polar surface area (TPSA) is 72.2 Å². The van der Waals surface area contributed by atoms with E-state index in [1.165, 1.54) is 0 Å². The third kappa shape index (κ3) is 4.65. The van der Waals surface area contributed by atoms with Crippen LogP contribution in [0.5, 0.6) is 0 Å². The summed E-state index contributed by atoms with van der Waals surface area (Å²) < 4.78 is 13.1. The summed E-state index contributed by atoms with van der Waals surface area (Å²) in [6.07, 6.45) is 0.724. The molecular weight excluding hydrogens is 251 g/mol. The Bertz CT molecular complexity index is 495. The molecule has 1 aromatic rings. The maximum atomic E-state index is 13.1. The quantitative estimate of drug-likeness (QED) is 0.674. The van der Waals surface area contributed by atoms with Gasteiger partial charge in [-0.1, -0.05) is 20.8 Å². The van der Waals surface area contributed by atoms with Crippen molar-refractivity contribution in [1.82, 2.24) is 5.32 Å². The van der Waals surface area contributed by atoms with Crippen molar-refractivity contribution >= 4 is 11.6 Å². The summed E-state index contributed by atoms with van der Waals surface area (Å²) in [4.78, 5) is 21.9. The van der Waals surface area contributed by atoms with E-state index < -0.39 is 22.3 Å². The van der Waals surface area contributed by atoms with Crippen LogP contribution >= 0.6 is 0 Å². The van der Waals surface area contributed by atoms with Crippen LogP contribution in [0.1, 0.15) is 37.6 Å². The van der Waals surface area contributed by atoms with Crippen molar-refractivity contribution in [3.05, 3.63) is 39.7 Å². The average Bonchev–Trinajstić information content (AvgIpc) is 2.26. The number of nitrogens with one attached hydrogen (secondary N) is 1. The Kier molecular flexibility index (Phi) is 4.58. The summed E-state index contributed by atoms with van der Waals surface area (Å²) in [5.41, 5.74) is -0.602. The number of carbonyl (C=O) groups is 1. The molecule has 0 bridgehead atoms. The van der Waals surface area contributed by atoms with Crippen molar-refractivity contribution < 1.29 is 14.1 Å². The van der Waals surface area contributed by atoms with Crippen molar-refractivity contribution in [2.75, 3.05) is 6.54 Å². The van der Waals surface area contributed by atoms with Gasteiger partial charge < -0.3 is 5.32 Å². The van der Waals surface area contributed by atoms with Crippen molar-refractivity contribution in [3.63, 3.8) is 0 Å². The lowest BCUT2D eigenvalue weighted by Crippen LogP contribution is -2.27. The molecule has 0 unspecified atom stereocenters. The zero-order valence-corrected chi connectivity index (χ0v) is 11.2. The molecule has 6 heteroatoms. The van der Waals surface area contributed by atoms with Crippen LogP contribution in [0.3, 0.4) is 0 Å². The van der Waals surface area contributed by atoms with Crippen LogP contribution in [-0.4, -0.2) is 17.4 Å². The summed E-state index contributed by atoms with van der Waals surface area (Å²) in [6.45, 7) is 6.44. The molecule has 1 N–H and O–H groups in total. The summed E-state index contributed by atoms with van der Waals surface area (Å²) in [6, 6.07) is 2.84. The molecule has 1 aromatic carbocycles. The molecule has 1 amide bonds. The standard InChI is InChI=1S/C13H17FN2O3/c1-13(2,3)6-7-15-12(17)10-8-9(14)4-5-11(10)16(18)19/h4-5,8H,6-7H2,1-3H3,(H,15,17). The molecule has 0 saturated heterocycles. The van der Waals surface area contributed by atoms with E-state index in [0.717, 1.165) is 24.6 Å². The van der Waals surface area contributed by atoms with Gasteiger partial charge in [-0.2, -0.15) is 0 Å². The maximum absolute atomic E-state index is 13.1. The second-order valence-corrected chi connectivity index (χ2v) is 5.49. The third-order valence-electron chi connectivity index (χ3n) is 2.56. The van der Waals surface area contributed by atoms with Crippen LogP contribution in [-0.2, 0) is 0 Å². The van der Waals surface area contributed by atoms with Crippen LogP contribution < -0.4 is 5.32 Å². The second-order valence-electron chi connectivity index (χ2n) is 5.49. The number of nitro groups is 1. The number of nitrogens with zero attached hydrogens (tertiary/aromatic N) is 1. The Morgan fingerprint density at radius 2 is 2.05 bits per heavy atom. The molecule has 0 radical (unpaired) electrons. The number of nitro benzene ring substituents is 1. The predicted molar refractivity (Wildman–Crippen MR) is 69.5 cm³/mol. The van der Waals surface area contributed by atoms with E-state index in [0.29, 0.717) is 6.54 Å². The number of hydrogen-bond acceptors (Lipinski definition) is 3. The minimum Gasteiger partial charge on any atom is -0.352 e. The number of hydrogen-bond donors (Lipinski definition) is 1. The molecule has 0 fully saturated rings. The molecule has 0 aromatic heterocycles. The largest absolute Gasteiger partial charge is 0.352 e. The first kappa shape index (κ1) is 15.1. The Balaban J connectivity index is 2.81. The molecular formula is C13H17FN2O3. The fourth-order valence-corrected chi connectivity index (χ4v) is 1.50. The number of rotatable bonds is 4. The molecule has 0 heterocycles. The number of halogens is 1. The van der Waals surface area contributed by atoms with Gasteiger partial charge in [0.25, 0.3) is 11.6 Å². The van der Waals surface area contributed by atoms with E-state index in [1.54, 1.807) is 0 Å². The molecule has 0 spiro atoms. The molecule has 0 aliphatic rings. The highest BCUT2D eigenvalue weighted by Gasteiger charge is 2.21. The van der Waals surface area contributed by atoms with Crippen molar-refractivity contribution in [2.24, 2.45) is 5.41 Å². The van der Waals surface area contributed by atoms with Gasteiger partial charge in [-0.05, 0) is 24.0 Å². The molecule has 0 aliphatic heterocycles. The normalized spacial score (nSPS) is 11.2. The van der Waals surface area contributed by atoms with Gasteiger partial charge in [0.2, 0.25) is 0 Å². The number of benzene rings is 1. The first-order chi connectivity index (χ1) is 8.70. The minimum atomic E-state index is -0.696. The zero-order valence-electron chi connectivity index (χ0n) is 11.2. The number of amides is 1. The second kappa shape index (κ2) is 5.77. The van der Waals surface area contributed by atoms with Gasteiger partial charge in [0, 0.05) is 12.6 Å². The Morgan fingerprint density at radius 1 is 1.42 bits per heavy atom. The van der Waals surface area contributed by atoms with E-state index in [9.17, 15) is 19.3 Å². The summed E-state index contributed by atoms with van der Waals surface area (Å²) in [5.74, 6) is -1.30. The van der Waals surface area contributed by atoms with E-state index in [1.807, 2.05) is 20.8 Å². The van der Waals surface area contributed by atoms with Gasteiger partial charge in [0.05, 0.1) is 4.92 Å². The van der Waals surface area contributed by atoms with Crippen LogP contribution in [0, 0.1) is 21.3 Å². The predicted octanol–water partition coefficient (Wildman–Crippen LogP) is 2.90. The fourth-order valence-electron chi connectivity index (χ4n) is 1.50. The van der Waals surface area contributed by atoms with E-state index in [4.69, 9.17) is 0 Å². The monoisotopic (exact) mass is 268 g/mol. The van der Waals surface area contributed by atoms with E-state index >= 15 is 0 Å². The summed E-state index contributed by atoms with van der Waals surface area (Å²) in [5, 5.41) is 13.3. The van der Waals surface area contributed by atoms with E-state index in [2.05, 4.69) is 5.32 Å². The van der Waals surface area contributed by atoms with Crippen molar-refractivity contribution in [3.8, 4) is 0 Å². The van der Waals surface area contributed by atoms with Crippen molar-refractivity contribution in [1.29, 1.82) is 0 Å². The maximum Gasteiger partial charge on any atom is 0.282 e. The van der Waals surface area contributed by atoms with Crippen LogP contribution in [0.15, 0.2) is 18.2 Å². The highest BCUT2D eigenvalue weighted by molar-refractivity contribution is 5.98. The highest BCUT2D eigenvalue weighted by atomic mass is 19.1. The smallest absolute Gasteiger partial charge is 0.282 e. The van der Waals surface area contributed by atoms with E-state index in [-0.39, 0.29) is 11.0 Å². The zero-order chi connectivity index (χ0) is 14.6. The molecule has 0 saturated carbocycles. The third-order valence-corrected chi connectivity index (χ3v) is 2.56. The lowest BCUT2D eigenvalue weighted by Gasteiger charge is -2.17. The van der Waals surface area contributed by atoms with Gasteiger partial charge >= 0.3 is 0 Å². The Morgan fingerprint density at radius 3 is 2.58 bits per heavy atom. The summed E-state index contributed by atoms with van der Waals surface area (Å²) >= 11 is 0. The molecule has 19 heavy (non-hydrogen) atoms. The molecule has 104 valence electrons. The number of carbonyl (C=O) groups excluding carboxylic acids is 1. The molecule has 1 rings (SSSR count). The molecule has 5 nitrogen and oxygen atoms in total. The average molecular weight is 268 g/mol. The van der Waals surface area contributed by atoms with Crippen LogP contribution in [0.25, 0.3) is 0 Å². The van der Waals surface area contributed by atoms with Gasteiger partial charge in [0.1, 0.15) is 11.4 Å². The fraction of sp³-hybridized carbons (Fsp3) is 0.462. The first-order valence-electron chi connectivity index (χ1n) is 5.93.